The fraction of sp³-hybridized carbons (Fsp3) is 0.600. The van der Waals surface area contributed by atoms with Crippen molar-refractivity contribution in [1.29, 1.82) is 0 Å². The van der Waals surface area contributed by atoms with Crippen LogP contribution in [0.4, 0.5) is 4.79 Å². The smallest absolute Gasteiger partial charge is 0.410 e. The fourth-order valence-corrected chi connectivity index (χ4v) is 2.87. The molecule has 1 aromatic rings. The number of hydrogen-bond acceptors (Lipinski definition) is 6. The van der Waals surface area contributed by atoms with Crippen molar-refractivity contribution in [1.82, 2.24) is 10.1 Å². The Bertz CT molecular complexity index is 634. The van der Waals surface area contributed by atoms with Crippen LogP contribution >= 0.6 is 15.9 Å². The van der Waals surface area contributed by atoms with E-state index in [9.17, 15) is 14.4 Å². The van der Waals surface area contributed by atoms with Crippen molar-refractivity contribution in [3.8, 4) is 0 Å². The van der Waals surface area contributed by atoms with Gasteiger partial charge in [0.1, 0.15) is 23.6 Å². The molecule has 1 amide bonds. The van der Waals surface area contributed by atoms with Gasteiger partial charge in [0.2, 0.25) is 0 Å². The highest BCUT2D eigenvalue weighted by molar-refractivity contribution is 9.10. The first-order valence-corrected chi connectivity index (χ1v) is 8.07. The summed E-state index contributed by atoms with van der Waals surface area (Å²) in [5.74, 6) is -1.65. The maximum Gasteiger partial charge on any atom is 0.410 e. The summed E-state index contributed by atoms with van der Waals surface area (Å²) in [7, 11) is 0. The molecule has 0 aliphatic carbocycles. The topological polar surface area (TPSA) is 89.7 Å². The summed E-state index contributed by atoms with van der Waals surface area (Å²) in [5, 5.41) is 3.63. The van der Waals surface area contributed by atoms with E-state index in [2.05, 4.69) is 21.1 Å². The summed E-state index contributed by atoms with van der Waals surface area (Å²) in [5.41, 5.74) is -0.589. The maximum atomic E-state index is 12.6. The quantitative estimate of drug-likeness (QED) is 0.573. The molecule has 0 radical (unpaired) electrons. The molecule has 0 N–H and O–H groups in total. The Hall–Kier alpha value is -1.70. The summed E-state index contributed by atoms with van der Waals surface area (Å²) in [6, 6.07) is -0.609. The van der Waals surface area contributed by atoms with Gasteiger partial charge in [-0.05, 0) is 43.6 Å². The lowest BCUT2D eigenvalue weighted by Gasteiger charge is -2.38. The van der Waals surface area contributed by atoms with E-state index < -0.39 is 29.4 Å². The van der Waals surface area contributed by atoms with Crippen LogP contribution < -0.4 is 0 Å². The van der Waals surface area contributed by atoms with Crippen molar-refractivity contribution in [3.05, 3.63) is 16.4 Å². The van der Waals surface area contributed by atoms with Gasteiger partial charge in [-0.25, -0.2) is 4.79 Å². The SMILES string of the molecule is C[C@@H]1C(C(=O)c2nocc2Br)C(=O)CCN1C(=O)OC(C)(C)C. The number of ketones is 2. The van der Waals surface area contributed by atoms with Crippen LogP contribution in [0.1, 0.15) is 44.6 Å². The van der Waals surface area contributed by atoms with Crippen molar-refractivity contribution >= 4 is 33.6 Å². The largest absolute Gasteiger partial charge is 0.444 e. The second-order valence-electron chi connectivity index (χ2n) is 6.48. The number of Topliss-reactive ketones (excluding diaryl/α,β-unsaturated/α-hetero) is 2. The van der Waals surface area contributed by atoms with Crippen LogP contribution in [0.15, 0.2) is 15.3 Å². The van der Waals surface area contributed by atoms with Crippen LogP contribution in [-0.2, 0) is 9.53 Å². The Morgan fingerprint density at radius 2 is 2.09 bits per heavy atom. The number of carbonyl (C=O) groups is 3. The maximum absolute atomic E-state index is 12.6. The van der Waals surface area contributed by atoms with Crippen LogP contribution in [-0.4, -0.2) is 45.9 Å². The predicted molar refractivity (Wildman–Crippen MR) is 84.0 cm³/mol. The Morgan fingerprint density at radius 3 is 2.61 bits per heavy atom. The van der Waals surface area contributed by atoms with Crippen LogP contribution in [0, 0.1) is 5.92 Å². The molecule has 0 saturated carbocycles. The van der Waals surface area contributed by atoms with E-state index in [-0.39, 0.29) is 24.4 Å². The second-order valence-corrected chi connectivity index (χ2v) is 7.34. The molecule has 7 nitrogen and oxygen atoms in total. The third-order valence-electron chi connectivity index (χ3n) is 3.59. The van der Waals surface area contributed by atoms with Gasteiger partial charge in [0, 0.05) is 19.0 Å². The molecular formula is C15H19BrN2O5. The number of halogens is 1. The third kappa shape index (κ3) is 3.80. The van der Waals surface area contributed by atoms with Gasteiger partial charge in [-0.15, -0.1) is 0 Å². The first-order valence-electron chi connectivity index (χ1n) is 7.28. The Kier molecular flexibility index (Phi) is 4.93. The molecule has 2 atom stereocenters. The number of carbonyl (C=O) groups excluding carboxylic acids is 3. The highest BCUT2D eigenvalue weighted by Gasteiger charge is 2.43. The van der Waals surface area contributed by atoms with E-state index in [1.807, 2.05) is 0 Å². The lowest BCUT2D eigenvalue weighted by molar-refractivity contribution is -0.126. The zero-order valence-electron chi connectivity index (χ0n) is 13.5. The molecule has 2 heterocycles. The molecule has 126 valence electrons. The van der Waals surface area contributed by atoms with Gasteiger partial charge in [0.15, 0.2) is 11.5 Å². The van der Waals surface area contributed by atoms with Gasteiger partial charge in [-0.1, -0.05) is 5.16 Å². The fourth-order valence-electron chi connectivity index (χ4n) is 2.52. The highest BCUT2D eigenvalue weighted by atomic mass is 79.9. The molecule has 23 heavy (non-hydrogen) atoms. The number of aromatic nitrogens is 1. The van der Waals surface area contributed by atoms with Crippen molar-refractivity contribution in [3.63, 3.8) is 0 Å². The van der Waals surface area contributed by atoms with Crippen molar-refractivity contribution in [2.45, 2.75) is 45.8 Å². The van der Waals surface area contributed by atoms with E-state index in [1.165, 1.54) is 11.2 Å². The highest BCUT2D eigenvalue weighted by Crippen LogP contribution is 2.28. The monoisotopic (exact) mass is 386 g/mol. The van der Waals surface area contributed by atoms with Gasteiger partial charge in [-0.3, -0.25) is 9.59 Å². The summed E-state index contributed by atoms with van der Waals surface area (Å²) >= 11 is 3.16. The van der Waals surface area contributed by atoms with Crippen molar-refractivity contribution < 1.29 is 23.6 Å². The Balaban J connectivity index is 2.23. The molecule has 1 unspecified atom stereocenters. The summed E-state index contributed by atoms with van der Waals surface area (Å²) in [4.78, 5) is 38.5. The first kappa shape index (κ1) is 17.7. The molecule has 0 bridgehead atoms. The minimum absolute atomic E-state index is 0.0567. The molecule has 0 aromatic carbocycles. The lowest BCUT2D eigenvalue weighted by atomic mass is 9.84. The van der Waals surface area contributed by atoms with E-state index >= 15 is 0 Å². The summed E-state index contributed by atoms with van der Waals surface area (Å²) < 4.78 is 10.5. The van der Waals surface area contributed by atoms with E-state index in [0.29, 0.717) is 4.47 Å². The minimum atomic E-state index is -0.974. The second kappa shape index (κ2) is 6.43. The van der Waals surface area contributed by atoms with Crippen LogP contribution in [0.3, 0.4) is 0 Å². The average molecular weight is 387 g/mol. The Labute approximate surface area is 142 Å². The number of rotatable bonds is 2. The number of ether oxygens (including phenoxy) is 1. The molecule has 1 aliphatic rings. The predicted octanol–water partition coefficient (Wildman–Crippen LogP) is 2.83. The van der Waals surface area contributed by atoms with E-state index in [4.69, 9.17) is 9.26 Å². The molecule has 1 aromatic heterocycles. The molecule has 1 aliphatic heterocycles. The molecule has 8 heteroatoms. The van der Waals surface area contributed by atoms with Gasteiger partial charge in [-0.2, -0.15) is 0 Å². The number of nitrogens with zero attached hydrogens (tertiary/aromatic N) is 2. The number of likely N-dealkylation sites (tertiary alicyclic amines) is 1. The van der Waals surface area contributed by atoms with Gasteiger partial charge >= 0.3 is 6.09 Å². The Morgan fingerprint density at radius 1 is 1.43 bits per heavy atom. The molecule has 1 saturated heterocycles. The standard InChI is InChI=1S/C15H19BrN2O5/c1-8-11(13(20)12-9(16)7-22-17-12)10(19)5-6-18(8)14(21)23-15(2,3)4/h7-8,11H,5-6H2,1-4H3/t8-,11?/m1/s1. The van der Waals surface area contributed by atoms with Gasteiger partial charge < -0.3 is 14.2 Å². The van der Waals surface area contributed by atoms with Crippen LogP contribution in [0.2, 0.25) is 0 Å². The summed E-state index contributed by atoms with van der Waals surface area (Å²) in [6.07, 6.45) is 0.848. The number of piperidine rings is 1. The van der Waals surface area contributed by atoms with Crippen molar-refractivity contribution in [2.24, 2.45) is 5.92 Å². The third-order valence-corrected chi connectivity index (χ3v) is 4.15. The summed E-state index contributed by atoms with van der Waals surface area (Å²) in [6.45, 7) is 7.19. The van der Waals surface area contributed by atoms with Gasteiger partial charge in [0.05, 0.1) is 4.47 Å². The average Bonchev–Trinajstić information content (AvgIpc) is 2.82. The normalized spacial score (nSPS) is 22.1. The lowest BCUT2D eigenvalue weighted by Crippen LogP contribution is -2.54. The number of hydrogen-bond donors (Lipinski definition) is 0. The van der Waals surface area contributed by atoms with Crippen LogP contribution in [0.5, 0.6) is 0 Å². The van der Waals surface area contributed by atoms with Crippen LogP contribution in [0.25, 0.3) is 0 Å². The first-order chi connectivity index (χ1) is 10.6. The minimum Gasteiger partial charge on any atom is -0.444 e. The van der Waals surface area contributed by atoms with E-state index in [0.717, 1.165) is 0 Å². The number of amides is 1. The molecule has 0 spiro atoms. The zero-order chi connectivity index (χ0) is 17.4. The molecule has 2 rings (SSSR count). The van der Waals surface area contributed by atoms with Crippen molar-refractivity contribution in [2.75, 3.05) is 6.54 Å². The van der Waals surface area contributed by atoms with E-state index in [1.54, 1.807) is 27.7 Å². The molecular weight excluding hydrogens is 368 g/mol. The van der Waals surface area contributed by atoms with Gasteiger partial charge in [0.25, 0.3) is 0 Å². The molecule has 1 fully saturated rings. The zero-order valence-corrected chi connectivity index (χ0v) is 15.0.